The van der Waals surface area contributed by atoms with Crippen molar-refractivity contribution in [1.29, 1.82) is 0 Å². The van der Waals surface area contributed by atoms with Crippen molar-refractivity contribution in [2.75, 3.05) is 5.32 Å². The Morgan fingerprint density at radius 2 is 1.85 bits per heavy atom. The summed E-state index contributed by atoms with van der Waals surface area (Å²) < 4.78 is 3.51. The molecule has 0 spiro atoms. The summed E-state index contributed by atoms with van der Waals surface area (Å²) in [5, 5.41) is 21.6. The second-order valence-corrected chi connectivity index (χ2v) is 6.78. The highest BCUT2D eigenvalue weighted by molar-refractivity contribution is 6.35. The minimum atomic E-state index is 0.533. The molecule has 0 unspecified atom stereocenters. The van der Waals surface area contributed by atoms with E-state index in [1.165, 1.54) is 0 Å². The van der Waals surface area contributed by atoms with Crippen molar-refractivity contribution in [2.45, 2.75) is 13.5 Å². The number of rotatable bonds is 4. The number of hydrogen-bond donors (Lipinski definition) is 1. The summed E-state index contributed by atoms with van der Waals surface area (Å²) in [5.74, 6) is 1.28. The summed E-state index contributed by atoms with van der Waals surface area (Å²) in [4.78, 5) is 0. The molecule has 3 heterocycles. The molecule has 0 aliphatic rings. The van der Waals surface area contributed by atoms with Gasteiger partial charge in [0.15, 0.2) is 11.5 Å². The molecule has 0 fully saturated rings. The molecule has 7 nitrogen and oxygen atoms in total. The van der Waals surface area contributed by atoms with Gasteiger partial charge in [-0.3, -0.25) is 4.68 Å². The van der Waals surface area contributed by atoms with Crippen LogP contribution in [0.15, 0.2) is 36.5 Å². The van der Waals surface area contributed by atoms with E-state index in [9.17, 15) is 0 Å². The van der Waals surface area contributed by atoms with Gasteiger partial charge in [-0.25, -0.2) is 0 Å². The van der Waals surface area contributed by atoms with Crippen molar-refractivity contribution in [1.82, 2.24) is 29.6 Å². The van der Waals surface area contributed by atoms with Gasteiger partial charge in [0, 0.05) is 40.5 Å². The predicted molar refractivity (Wildman–Crippen MR) is 102 cm³/mol. The molecule has 132 valence electrons. The van der Waals surface area contributed by atoms with Gasteiger partial charge >= 0.3 is 0 Å². The fourth-order valence-electron chi connectivity index (χ4n) is 2.65. The van der Waals surface area contributed by atoms with Gasteiger partial charge in [-0.2, -0.15) is 9.61 Å². The minimum absolute atomic E-state index is 0.533. The molecule has 3 aromatic heterocycles. The average molecular weight is 388 g/mol. The molecule has 0 aliphatic heterocycles. The second kappa shape index (κ2) is 6.59. The summed E-state index contributed by atoms with van der Waals surface area (Å²) in [6.45, 7) is 2.65. The molecular formula is C17H15Cl2N7. The first-order valence-corrected chi connectivity index (χ1v) is 8.67. The van der Waals surface area contributed by atoms with Crippen molar-refractivity contribution in [2.24, 2.45) is 7.05 Å². The molecule has 4 aromatic rings. The molecule has 0 saturated carbocycles. The van der Waals surface area contributed by atoms with Crippen LogP contribution in [-0.4, -0.2) is 29.6 Å². The van der Waals surface area contributed by atoms with E-state index in [0.29, 0.717) is 33.9 Å². The van der Waals surface area contributed by atoms with E-state index >= 15 is 0 Å². The minimum Gasteiger partial charge on any atom is -0.364 e. The molecule has 26 heavy (non-hydrogen) atoms. The number of nitrogens with zero attached hydrogens (tertiary/aromatic N) is 6. The molecule has 0 aliphatic carbocycles. The Morgan fingerprint density at radius 3 is 2.54 bits per heavy atom. The summed E-state index contributed by atoms with van der Waals surface area (Å²) in [6.07, 6.45) is 1.85. The number of halogens is 2. The lowest BCUT2D eigenvalue weighted by molar-refractivity contribution is 0.738. The zero-order chi connectivity index (χ0) is 18.3. The zero-order valence-electron chi connectivity index (χ0n) is 14.1. The Morgan fingerprint density at radius 1 is 1.08 bits per heavy atom. The summed E-state index contributed by atoms with van der Waals surface area (Å²) in [5.41, 5.74) is 3.61. The highest BCUT2D eigenvalue weighted by atomic mass is 35.5. The lowest BCUT2D eigenvalue weighted by Gasteiger charge is -2.07. The Labute approximate surface area is 159 Å². The highest BCUT2D eigenvalue weighted by Crippen LogP contribution is 2.26. The maximum atomic E-state index is 6.10. The van der Waals surface area contributed by atoms with Gasteiger partial charge in [0.05, 0.1) is 6.20 Å². The molecule has 0 saturated heterocycles. The monoisotopic (exact) mass is 387 g/mol. The molecule has 9 heteroatoms. The van der Waals surface area contributed by atoms with Crippen LogP contribution in [-0.2, 0) is 13.6 Å². The quantitative estimate of drug-likeness (QED) is 0.577. The Kier molecular flexibility index (Phi) is 4.26. The Balaban J connectivity index is 1.67. The number of fused-ring (bicyclic) bond motifs is 1. The third-order valence-electron chi connectivity index (χ3n) is 4.18. The van der Waals surface area contributed by atoms with Gasteiger partial charge in [-0.05, 0) is 37.3 Å². The SMILES string of the molecule is Cc1c(CNc2ccc3nnc(-c4cc(Cl)cc(Cl)c4)n3n2)cnn1C. The average Bonchev–Trinajstić information content (AvgIpc) is 3.16. The lowest BCUT2D eigenvalue weighted by atomic mass is 10.2. The zero-order valence-corrected chi connectivity index (χ0v) is 15.6. The standard InChI is InChI=1S/C17H15Cl2N7/c1-10-12(9-21-25(10)2)8-20-15-3-4-16-22-23-17(26(16)24-15)11-5-13(18)7-14(19)6-11/h3-7,9H,8H2,1-2H3,(H,20,24). The van der Waals surface area contributed by atoms with Crippen LogP contribution >= 0.6 is 23.2 Å². The molecule has 4 rings (SSSR count). The van der Waals surface area contributed by atoms with Crippen molar-refractivity contribution in [3.05, 3.63) is 57.8 Å². The molecule has 0 atom stereocenters. The van der Waals surface area contributed by atoms with Crippen LogP contribution in [0.3, 0.4) is 0 Å². The first kappa shape index (κ1) is 16.8. The van der Waals surface area contributed by atoms with Crippen LogP contribution < -0.4 is 5.32 Å². The van der Waals surface area contributed by atoms with E-state index in [1.54, 1.807) is 22.7 Å². The summed E-state index contributed by atoms with van der Waals surface area (Å²) >= 11 is 12.2. The van der Waals surface area contributed by atoms with Crippen LogP contribution in [0.2, 0.25) is 10.0 Å². The van der Waals surface area contributed by atoms with Crippen LogP contribution in [0.1, 0.15) is 11.3 Å². The van der Waals surface area contributed by atoms with Gasteiger partial charge in [0.1, 0.15) is 5.82 Å². The van der Waals surface area contributed by atoms with Crippen LogP contribution in [0.5, 0.6) is 0 Å². The van der Waals surface area contributed by atoms with Crippen molar-refractivity contribution < 1.29 is 0 Å². The number of aromatic nitrogens is 6. The number of anilines is 1. The molecule has 0 amide bonds. The highest BCUT2D eigenvalue weighted by Gasteiger charge is 2.12. The normalized spacial score (nSPS) is 11.2. The van der Waals surface area contributed by atoms with Crippen molar-refractivity contribution in [3.63, 3.8) is 0 Å². The fraction of sp³-hybridized carbons (Fsp3) is 0.176. The van der Waals surface area contributed by atoms with Gasteiger partial charge in [0.2, 0.25) is 0 Å². The fourth-order valence-corrected chi connectivity index (χ4v) is 3.18. The number of hydrogen-bond acceptors (Lipinski definition) is 5. The van der Waals surface area contributed by atoms with E-state index in [-0.39, 0.29) is 0 Å². The van der Waals surface area contributed by atoms with Gasteiger partial charge in [-0.1, -0.05) is 23.2 Å². The van der Waals surface area contributed by atoms with Gasteiger partial charge in [0.25, 0.3) is 0 Å². The third-order valence-corrected chi connectivity index (χ3v) is 4.62. The van der Waals surface area contributed by atoms with Crippen LogP contribution in [0.25, 0.3) is 17.0 Å². The largest absolute Gasteiger partial charge is 0.364 e. The molecule has 0 radical (unpaired) electrons. The van der Waals surface area contributed by atoms with Crippen molar-refractivity contribution in [3.8, 4) is 11.4 Å². The van der Waals surface area contributed by atoms with Gasteiger partial charge in [-0.15, -0.1) is 15.3 Å². The smallest absolute Gasteiger partial charge is 0.185 e. The van der Waals surface area contributed by atoms with E-state index < -0.39 is 0 Å². The second-order valence-electron chi connectivity index (χ2n) is 5.90. The lowest BCUT2D eigenvalue weighted by Crippen LogP contribution is -2.05. The van der Waals surface area contributed by atoms with E-state index in [1.807, 2.05) is 37.0 Å². The third kappa shape index (κ3) is 3.11. The van der Waals surface area contributed by atoms with Gasteiger partial charge < -0.3 is 5.32 Å². The topological polar surface area (TPSA) is 72.9 Å². The number of aryl methyl sites for hydroxylation is 1. The first-order chi connectivity index (χ1) is 12.5. The molecular weight excluding hydrogens is 373 g/mol. The number of benzene rings is 1. The van der Waals surface area contributed by atoms with Crippen LogP contribution in [0, 0.1) is 6.92 Å². The maximum Gasteiger partial charge on any atom is 0.185 e. The predicted octanol–water partition coefficient (Wildman–Crippen LogP) is 3.75. The van der Waals surface area contributed by atoms with Crippen molar-refractivity contribution >= 4 is 34.7 Å². The number of nitrogens with one attached hydrogen (secondary N) is 1. The molecule has 1 N–H and O–H groups in total. The van der Waals surface area contributed by atoms with E-state index in [0.717, 1.165) is 16.8 Å². The Hall–Kier alpha value is -2.64. The van der Waals surface area contributed by atoms with E-state index in [4.69, 9.17) is 23.2 Å². The molecule has 0 bridgehead atoms. The Bertz CT molecular complexity index is 1080. The van der Waals surface area contributed by atoms with E-state index in [2.05, 4.69) is 25.7 Å². The summed E-state index contributed by atoms with van der Waals surface area (Å²) in [6, 6.07) is 8.96. The summed E-state index contributed by atoms with van der Waals surface area (Å²) in [7, 11) is 1.92. The van der Waals surface area contributed by atoms with Crippen LogP contribution in [0.4, 0.5) is 5.82 Å². The molecule has 1 aromatic carbocycles. The first-order valence-electron chi connectivity index (χ1n) is 7.91. The maximum absolute atomic E-state index is 6.10.